The quantitative estimate of drug-likeness (QED) is 0.848. The van der Waals surface area contributed by atoms with Gasteiger partial charge in [-0.25, -0.2) is 0 Å². The van der Waals surface area contributed by atoms with Gasteiger partial charge in [-0.3, -0.25) is 0 Å². The number of hydrogen-bond donors (Lipinski definition) is 2. The van der Waals surface area contributed by atoms with E-state index in [-0.39, 0.29) is 12.6 Å². The molecule has 0 bridgehead atoms. The topological polar surface area (TPSA) is 49.5 Å². The molecule has 1 aliphatic carbocycles. The fourth-order valence-electron chi connectivity index (χ4n) is 2.03. The van der Waals surface area contributed by atoms with E-state index in [0.29, 0.717) is 12.6 Å². The first-order valence-corrected chi connectivity index (χ1v) is 6.44. The lowest BCUT2D eigenvalue weighted by molar-refractivity contribution is 0.301. The Morgan fingerprint density at radius 3 is 2.71 bits per heavy atom. The molecule has 17 heavy (non-hydrogen) atoms. The fraction of sp³-hybridized carbons (Fsp3) is 0.538. The lowest BCUT2D eigenvalue weighted by Gasteiger charge is -2.25. The number of anilines is 1. The first kappa shape index (κ1) is 12.7. The zero-order chi connectivity index (χ0) is 12.4. The Labute approximate surface area is 107 Å². The minimum Gasteiger partial charge on any atom is -0.395 e. The van der Waals surface area contributed by atoms with E-state index in [1.165, 1.54) is 12.8 Å². The van der Waals surface area contributed by atoms with Gasteiger partial charge in [-0.05, 0) is 37.5 Å². The summed E-state index contributed by atoms with van der Waals surface area (Å²) < 4.78 is 0. The van der Waals surface area contributed by atoms with Gasteiger partial charge in [0.2, 0.25) is 0 Å². The monoisotopic (exact) mass is 254 g/mol. The summed E-state index contributed by atoms with van der Waals surface area (Å²) in [6.45, 7) is 2.74. The molecule has 1 unspecified atom stereocenters. The normalized spacial score (nSPS) is 16.9. The third-order valence-corrected chi connectivity index (χ3v) is 3.44. The Morgan fingerprint density at radius 1 is 1.53 bits per heavy atom. The second kappa shape index (κ2) is 5.25. The average Bonchev–Trinajstić information content (AvgIpc) is 3.10. The minimum absolute atomic E-state index is 0.00577. The molecule has 0 heterocycles. The van der Waals surface area contributed by atoms with Crippen molar-refractivity contribution >= 4 is 17.3 Å². The molecule has 1 aliphatic rings. The Hall–Kier alpha value is -0.770. The van der Waals surface area contributed by atoms with Crippen molar-refractivity contribution in [2.24, 2.45) is 5.73 Å². The van der Waals surface area contributed by atoms with Crippen LogP contribution in [0.4, 0.5) is 5.69 Å². The van der Waals surface area contributed by atoms with Crippen LogP contribution in [0.25, 0.3) is 0 Å². The van der Waals surface area contributed by atoms with Crippen LogP contribution < -0.4 is 10.6 Å². The van der Waals surface area contributed by atoms with Crippen LogP contribution in [-0.4, -0.2) is 24.3 Å². The highest BCUT2D eigenvalue weighted by atomic mass is 35.5. The van der Waals surface area contributed by atoms with Crippen molar-refractivity contribution in [2.45, 2.75) is 31.8 Å². The van der Waals surface area contributed by atoms with Crippen molar-refractivity contribution in [3.63, 3.8) is 0 Å². The lowest BCUT2D eigenvalue weighted by atomic mass is 10.1. The predicted octanol–water partition coefficient (Wildman–Crippen LogP) is 2.32. The summed E-state index contributed by atoms with van der Waals surface area (Å²) in [6, 6.07) is 6.48. The number of hydrogen-bond acceptors (Lipinski definition) is 3. The molecule has 1 saturated carbocycles. The van der Waals surface area contributed by atoms with Gasteiger partial charge in [-0.15, -0.1) is 0 Å². The van der Waals surface area contributed by atoms with Gasteiger partial charge in [-0.2, -0.15) is 0 Å². The molecular formula is C13H19ClN2O. The predicted molar refractivity (Wildman–Crippen MR) is 71.5 cm³/mol. The van der Waals surface area contributed by atoms with Crippen LogP contribution in [0.1, 0.15) is 31.4 Å². The highest BCUT2D eigenvalue weighted by Crippen LogP contribution is 2.36. The molecule has 0 saturated heterocycles. The maximum absolute atomic E-state index is 9.10. The molecule has 0 spiro atoms. The smallest absolute Gasteiger partial charge is 0.0643 e. The number of aliphatic hydroxyl groups is 1. The third kappa shape index (κ3) is 2.92. The summed E-state index contributed by atoms with van der Waals surface area (Å²) in [6.07, 6.45) is 2.37. The maximum atomic E-state index is 9.10. The SMILES string of the molecule is CC(N)c1ccc(N(CCO)C2CC2)c(Cl)c1. The Kier molecular flexibility index (Phi) is 3.92. The molecule has 1 atom stereocenters. The van der Waals surface area contributed by atoms with Crippen LogP contribution in [0.15, 0.2) is 18.2 Å². The number of rotatable bonds is 5. The molecule has 1 fully saturated rings. The number of nitrogens with two attached hydrogens (primary N) is 1. The van der Waals surface area contributed by atoms with Crippen molar-refractivity contribution in [1.29, 1.82) is 0 Å². The van der Waals surface area contributed by atoms with Crippen molar-refractivity contribution in [3.8, 4) is 0 Å². The van der Waals surface area contributed by atoms with Gasteiger partial charge in [0.05, 0.1) is 17.3 Å². The van der Waals surface area contributed by atoms with Crippen LogP contribution in [-0.2, 0) is 0 Å². The Bertz CT molecular complexity index is 391. The number of halogens is 1. The molecule has 4 heteroatoms. The van der Waals surface area contributed by atoms with Gasteiger partial charge in [-0.1, -0.05) is 17.7 Å². The standard InChI is InChI=1S/C13H19ClN2O/c1-9(15)10-2-5-13(12(14)8-10)16(6-7-17)11-3-4-11/h2,5,8-9,11,17H,3-4,6-7,15H2,1H3. The van der Waals surface area contributed by atoms with Crippen LogP contribution in [0.5, 0.6) is 0 Å². The van der Waals surface area contributed by atoms with E-state index in [2.05, 4.69) is 4.90 Å². The van der Waals surface area contributed by atoms with E-state index in [0.717, 1.165) is 16.3 Å². The van der Waals surface area contributed by atoms with Gasteiger partial charge in [0.15, 0.2) is 0 Å². The van der Waals surface area contributed by atoms with Gasteiger partial charge in [0.25, 0.3) is 0 Å². The van der Waals surface area contributed by atoms with E-state index in [1.54, 1.807) is 0 Å². The fourth-order valence-corrected chi connectivity index (χ4v) is 2.33. The molecule has 3 N–H and O–H groups in total. The zero-order valence-electron chi connectivity index (χ0n) is 10.1. The van der Waals surface area contributed by atoms with Gasteiger partial charge in [0, 0.05) is 18.6 Å². The van der Waals surface area contributed by atoms with Gasteiger partial charge in [0.1, 0.15) is 0 Å². The summed E-state index contributed by atoms with van der Waals surface area (Å²) >= 11 is 6.30. The second-order valence-corrected chi connectivity index (χ2v) is 5.05. The summed E-state index contributed by atoms with van der Waals surface area (Å²) in [5, 5.41) is 9.83. The largest absolute Gasteiger partial charge is 0.395 e. The van der Waals surface area contributed by atoms with Crippen molar-refractivity contribution < 1.29 is 5.11 Å². The van der Waals surface area contributed by atoms with E-state index < -0.39 is 0 Å². The molecule has 0 amide bonds. The van der Waals surface area contributed by atoms with E-state index >= 15 is 0 Å². The first-order valence-electron chi connectivity index (χ1n) is 6.06. The number of nitrogens with zero attached hydrogens (tertiary/aromatic N) is 1. The molecule has 3 nitrogen and oxygen atoms in total. The number of benzene rings is 1. The Morgan fingerprint density at radius 2 is 2.24 bits per heavy atom. The minimum atomic E-state index is -0.00577. The molecule has 94 valence electrons. The van der Waals surface area contributed by atoms with E-state index in [9.17, 15) is 0 Å². The second-order valence-electron chi connectivity index (χ2n) is 4.65. The number of aliphatic hydroxyl groups excluding tert-OH is 1. The average molecular weight is 255 g/mol. The van der Waals surface area contributed by atoms with E-state index in [1.807, 2.05) is 25.1 Å². The molecule has 1 aromatic rings. The van der Waals surface area contributed by atoms with Crippen LogP contribution >= 0.6 is 11.6 Å². The van der Waals surface area contributed by atoms with Gasteiger partial charge < -0.3 is 15.7 Å². The zero-order valence-corrected chi connectivity index (χ0v) is 10.8. The highest BCUT2D eigenvalue weighted by Gasteiger charge is 2.29. The maximum Gasteiger partial charge on any atom is 0.0643 e. The lowest BCUT2D eigenvalue weighted by Crippen LogP contribution is -2.29. The first-order chi connectivity index (χ1) is 8.13. The Balaban J connectivity index is 2.24. The molecular weight excluding hydrogens is 236 g/mol. The van der Waals surface area contributed by atoms with Crippen molar-refractivity contribution in [3.05, 3.63) is 28.8 Å². The third-order valence-electron chi connectivity index (χ3n) is 3.14. The molecule has 0 radical (unpaired) electrons. The highest BCUT2D eigenvalue weighted by molar-refractivity contribution is 6.33. The molecule has 0 aromatic heterocycles. The van der Waals surface area contributed by atoms with Crippen LogP contribution in [0.3, 0.4) is 0 Å². The van der Waals surface area contributed by atoms with Crippen molar-refractivity contribution in [2.75, 3.05) is 18.1 Å². The van der Waals surface area contributed by atoms with Crippen LogP contribution in [0.2, 0.25) is 5.02 Å². The summed E-state index contributed by atoms with van der Waals surface area (Å²) in [4.78, 5) is 2.19. The van der Waals surface area contributed by atoms with Crippen LogP contribution in [0, 0.1) is 0 Å². The summed E-state index contributed by atoms with van der Waals surface area (Å²) in [5.41, 5.74) is 7.87. The van der Waals surface area contributed by atoms with E-state index in [4.69, 9.17) is 22.4 Å². The molecule has 1 aromatic carbocycles. The summed E-state index contributed by atoms with van der Waals surface area (Å²) in [5.74, 6) is 0. The van der Waals surface area contributed by atoms with Gasteiger partial charge >= 0.3 is 0 Å². The molecule has 2 rings (SSSR count). The molecule has 0 aliphatic heterocycles. The van der Waals surface area contributed by atoms with Crippen molar-refractivity contribution in [1.82, 2.24) is 0 Å². The summed E-state index contributed by atoms with van der Waals surface area (Å²) in [7, 11) is 0.